The molecular formula is C10H14ClN. The summed E-state index contributed by atoms with van der Waals surface area (Å²) in [5.74, 6) is 0. The van der Waals surface area contributed by atoms with E-state index in [1.54, 1.807) is 0 Å². The maximum absolute atomic E-state index is 5.96. The van der Waals surface area contributed by atoms with Crippen molar-refractivity contribution in [2.24, 2.45) is 5.73 Å². The Hall–Kier alpha value is -0.530. The fourth-order valence-electron chi connectivity index (χ4n) is 1.10. The van der Waals surface area contributed by atoms with Gasteiger partial charge in [-0.3, -0.25) is 0 Å². The molecule has 0 aliphatic rings. The van der Waals surface area contributed by atoms with Gasteiger partial charge in [0.25, 0.3) is 0 Å². The second-order valence-corrected chi connectivity index (χ2v) is 3.38. The molecule has 0 saturated heterocycles. The van der Waals surface area contributed by atoms with E-state index < -0.39 is 0 Å². The molecule has 12 heavy (non-hydrogen) atoms. The molecule has 0 aromatic heterocycles. The number of hydrogen-bond acceptors (Lipinski definition) is 1. The summed E-state index contributed by atoms with van der Waals surface area (Å²) in [6, 6.07) is 6.18. The molecule has 66 valence electrons. The van der Waals surface area contributed by atoms with E-state index in [2.05, 4.69) is 6.07 Å². The molecule has 0 saturated carbocycles. The van der Waals surface area contributed by atoms with Gasteiger partial charge >= 0.3 is 0 Å². The molecule has 0 bridgehead atoms. The van der Waals surface area contributed by atoms with Crippen LogP contribution in [0.1, 0.15) is 17.5 Å². The molecule has 0 amide bonds. The van der Waals surface area contributed by atoms with Crippen molar-refractivity contribution in [3.63, 3.8) is 0 Å². The molecule has 0 spiro atoms. The summed E-state index contributed by atoms with van der Waals surface area (Å²) in [6.07, 6.45) is 2.05. The number of aryl methyl sites for hydroxylation is 2. The maximum atomic E-state index is 5.96. The second-order valence-electron chi connectivity index (χ2n) is 2.98. The molecule has 1 aromatic carbocycles. The molecule has 0 aliphatic heterocycles. The predicted octanol–water partition coefficient (Wildman–Crippen LogP) is 2.54. The Morgan fingerprint density at radius 2 is 2.17 bits per heavy atom. The zero-order chi connectivity index (χ0) is 8.97. The molecular weight excluding hydrogens is 170 g/mol. The fraction of sp³-hybridized carbons (Fsp3) is 0.400. The molecule has 0 unspecified atom stereocenters. The van der Waals surface area contributed by atoms with Gasteiger partial charge in [-0.1, -0.05) is 23.7 Å². The Morgan fingerprint density at radius 3 is 2.75 bits per heavy atom. The van der Waals surface area contributed by atoms with Gasteiger partial charge in [0.05, 0.1) is 0 Å². The van der Waals surface area contributed by atoms with Crippen LogP contribution in [-0.4, -0.2) is 6.54 Å². The summed E-state index contributed by atoms with van der Waals surface area (Å²) in [5.41, 5.74) is 7.82. The van der Waals surface area contributed by atoms with Crippen LogP contribution >= 0.6 is 11.6 Å². The number of nitrogens with two attached hydrogens (primary N) is 1. The summed E-state index contributed by atoms with van der Waals surface area (Å²) in [6.45, 7) is 2.75. The first kappa shape index (κ1) is 9.56. The van der Waals surface area contributed by atoms with Crippen LogP contribution < -0.4 is 5.73 Å². The van der Waals surface area contributed by atoms with Crippen LogP contribution in [0.25, 0.3) is 0 Å². The minimum absolute atomic E-state index is 0.742. The average molecular weight is 184 g/mol. The van der Waals surface area contributed by atoms with Crippen LogP contribution in [0.4, 0.5) is 0 Å². The summed E-state index contributed by atoms with van der Waals surface area (Å²) in [7, 11) is 0. The Balaban J connectivity index is 2.69. The molecule has 0 atom stereocenters. The SMILES string of the molecule is Cc1ccc(CCCN)cc1Cl. The first-order valence-electron chi connectivity index (χ1n) is 4.19. The topological polar surface area (TPSA) is 26.0 Å². The quantitative estimate of drug-likeness (QED) is 0.766. The van der Waals surface area contributed by atoms with Gasteiger partial charge < -0.3 is 5.73 Å². The highest BCUT2D eigenvalue weighted by Gasteiger charge is 1.96. The molecule has 0 radical (unpaired) electrons. The minimum Gasteiger partial charge on any atom is -0.330 e. The van der Waals surface area contributed by atoms with Crippen molar-refractivity contribution in [1.82, 2.24) is 0 Å². The van der Waals surface area contributed by atoms with Gasteiger partial charge in [0.2, 0.25) is 0 Å². The highest BCUT2D eigenvalue weighted by atomic mass is 35.5. The lowest BCUT2D eigenvalue weighted by Gasteiger charge is -2.02. The van der Waals surface area contributed by atoms with Crippen LogP contribution in [-0.2, 0) is 6.42 Å². The first-order chi connectivity index (χ1) is 5.74. The van der Waals surface area contributed by atoms with Crippen molar-refractivity contribution in [2.75, 3.05) is 6.54 Å². The van der Waals surface area contributed by atoms with Gasteiger partial charge in [-0.2, -0.15) is 0 Å². The van der Waals surface area contributed by atoms with Crippen molar-refractivity contribution in [2.45, 2.75) is 19.8 Å². The van der Waals surface area contributed by atoms with E-state index in [0.717, 1.165) is 30.0 Å². The number of rotatable bonds is 3. The molecule has 1 nitrogen and oxygen atoms in total. The van der Waals surface area contributed by atoms with Gasteiger partial charge in [0, 0.05) is 5.02 Å². The fourth-order valence-corrected chi connectivity index (χ4v) is 1.30. The molecule has 1 rings (SSSR count). The third-order valence-electron chi connectivity index (χ3n) is 1.91. The highest BCUT2D eigenvalue weighted by molar-refractivity contribution is 6.31. The molecule has 0 aliphatic carbocycles. The summed E-state index contributed by atoms with van der Waals surface area (Å²) in [4.78, 5) is 0. The Kier molecular flexibility index (Phi) is 3.57. The normalized spacial score (nSPS) is 10.2. The van der Waals surface area contributed by atoms with Crippen molar-refractivity contribution < 1.29 is 0 Å². The van der Waals surface area contributed by atoms with Crippen LogP contribution in [0.5, 0.6) is 0 Å². The zero-order valence-electron chi connectivity index (χ0n) is 7.31. The first-order valence-corrected chi connectivity index (χ1v) is 4.57. The number of halogens is 1. The van der Waals surface area contributed by atoms with Crippen LogP contribution in [0.2, 0.25) is 5.02 Å². The molecule has 2 heteroatoms. The standard InChI is InChI=1S/C10H14ClN/c1-8-4-5-9(3-2-6-12)7-10(8)11/h4-5,7H,2-3,6,12H2,1H3. The smallest absolute Gasteiger partial charge is 0.0437 e. The summed E-state index contributed by atoms with van der Waals surface area (Å²) >= 11 is 5.96. The van der Waals surface area contributed by atoms with E-state index in [1.165, 1.54) is 5.56 Å². The molecule has 0 fully saturated rings. The van der Waals surface area contributed by atoms with Crippen molar-refractivity contribution >= 4 is 11.6 Å². The molecule has 1 aromatic rings. The van der Waals surface area contributed by atoms with Gasteiger partial charge in [-0.25, -0.2) is 0 Å². The van der Waals surface area contributed by atoms with Crippen LogP contribution in [0.15, 0.2) is 18.2 Å². The van der Waals surface area contributed by atoms with Gasteiger partial charge in [0.15, 0.2) is 0 Å². The summed E-state index contributed by atoms with van der Waals surface area (Å²) < 4.78 is 0. The Morgan fingerprint density at radius 1 is 1.42 bits per heavy atom. The van der Waals surface area contributed by atoms with Crippen LogP contribution in [0, 0.1) is 6.92 Å². The molecule has 2 N–H and O–H groups in total. The number of hydrogen-bond donors (Lipinski definition) is 1. The Bertz CT molecular complexity index is 258. The van der Waals surface area contributed by atoms with E-state index in [0.29, 0.717) is 0 Å². The number of benzene rings is 1. The third-order valence-corrected chi connectivity index (χ3v) is 2.31. The lowest BCUT2D eigenvalue weighted by atomic mass is 10.1. The third kappa shape index (κ3) is 2.50. The van der Waals surface area contributed by atoms with Crippen molar-refractivity contribution in [3.05, 3.63) is 34.3 Å². The van der Waals surface area contributed by atoms with E-state index >= 15 is 0 Å². The minimum atomic E-state index is 0.742. The van der Waals surface area contributed by atoms with Gasteiger partial charge in [-0.15, -0.1) is 0 Å². The van der Waals surface area contributed by atoms with Crippen molar-refractivity contribution in [1.29, 1.82) is 0 Å². The van der Waals surface area contributed by atoms with Gasteiger partial charge in [-0.05, 0) is 43.5 Å². The maximum Gasteiger partial charge on any atom is 0.0437 e. The zero-order valence-corrected chi connectivity index (χ0v) is 8.06. The van der Waals surface area contributed by atoms with E-state index in [1.807, 2.05) is 19.1 Å². The predicted molar refractivity (Wildman–Crippen MR) is 53.6 cm³/mol. The molecule has 0 heterocycles. The van der Waals surface area contributed by atoms with Crippen LogP contribution in [0.3, 0.4) is 0 Å². The van der Waals surface area contributed by atoms with Crippen molar-refractivity contribution in [3.8, 4) is 0 Å². The average Bonchev–Trinajstić information content (AvgIpc) is 2.07. The monoisotopic (exact) mass is 183 g/mol. The lowest BCUT2D eigenvalue weighted by Crippen LogP contribution is -2.00. The highest BCUT2D eigenvalue weighted by Crippen LogP contribution is 2.17. The van der Waals surface area contributed by atoms with E-state index in [-0.39, 0.29) is 0 Å². The second kappa shape index (κ2) is 4.48. The van der Waals surface area contributed by atoms with E-state index in [9.17, 15) is 0 Å². The van der Waals surface area contributed by atoms with Gasteiger partial charge in [0.1, 0.15) is 0 Å². The Labute approximate surface area is 78.5 Å². The summed E-state index contributed by atoms with van der Waals surface area (Å²) in [5, 5.41) is 0.851. The lowest BCUT2D eigenvalue weighted by molar-refractivity contribution is 0.832. The van der Waals surface area contributed by atoms with E-state index in [4.69, 9.17) is 17.3 Å². The largest absolute Gasteiger partial charge is 0.330 e.